The van der Waals surface area contributed by atoms with Gasteiger partial charge in [-0.2, -0.15) is 0 Å². The maximum atomic E-state index is 12.2. The summed E-state index contributed by atoms with van der Waals surface area (Å²) in [5, 5.41) is 3.39. The number of rotatable bonds is 9. The van der Waals surface area contributed by atoms with Gasteiger partial charge in [0.2, 0.25) is 5.91 Å². The summed E-state index contributed by atoms with van der Waals surface area (Å²) in [6.45, 7) is 4.59. The summed E-state index contributed by atoms with van der Waals surface area (Å²) in [5.41, 5.74) is 0.839. The number of amides is 1. The lowest BCUT2D eigenvalue weighted by molar-refractivity contribution is -0.113. The molecule has 0 saturated carbocycles. The van der Waals surface area contributed by atoms with E-state index in [9.17, 15) is 9.59 Å². The maximum Gasteiger partial charge on any atom is 0.358 e. The Hall–Kier alpha value is -2.68. The average Bonchev–Trinajstić information content (AvgIpc) is 3.10. The highest BCUT2D eigenvalue weighted by Gasteiger charge is 2.16. The number of benzene rings is 1. The number of aryl methyl sites for hydroxylation is 1. The van der Waals surface area contributed by atoms with Crippen LogP contribution in [-0.4, -0.2) is 48.0 Å². The summed E-state index contributed by atoms with van der Waals surface area (Å²) in [6.07, 6.45) is 1.63. The van der Waals surface area contributed by atoms with E-state index in [1.165, 1.54) is 18.9 Å². The Kier molecular flexibility index (Phi) is 7.54. The van der Waals surface area contributed by atoms with Gasteiger partial charge < -0.3 is 24.1 Å². The Bertz CT molecular complexity index is 806. The molecule has 0 bridgehead atoms. The highest BCUT2D eigenvalue weighted by molar-refractivity contribution is 7.99. The van der Waals surface area contributed by atoms with Gasteiger partial charge in [0.05, 0.1) is 26.6 Å². The molecule has 1 aromatic heterocycles. The molecular formula is C18H23N3O5S. The molecule has 1 N–H and O–H groups in total. The number of hydrogen-bond acceptors (Lipinski definition) is 7. The monoisotopic (exact) mass is 393 g/mol. The largest absolute Gasteiger partial charge is 0.493 e. The van der Waals surface area contributed by atoms with E-state index < -0.39 is 5.97 Å². The van der Waals surface area contributed by atoms with Crippen LogP contribution in [0, 0.1) is 0 Å². The molecule has 0 radical (unpaired) electrons. The first kappa shape index (κ1) is 20.6. The molecule has 0 atom stereocenters. The molecule has 0 unspecified atom stereocenters. The number of imidazole rings is 1. The predicted molar refractivity (Wildman–Crippen MR) is 103 cm³/mol. The van der Waals surface area contributed by atoms with Crippen LogP contribution in [-0.2, 0) is 16.1 Å². The number of anilines is 1. The lowest BCUT2D eigenvalue weighted by atomic mass is 10.2. The van der Waals surface area contributed by atoms with Crippen molar-refractivity contribution in [1.82, 2.24) is 9.55 Å². The highest BCUT2D eigenvalue weighted by atomic mass is 32.2. The molecule has 1 aromatic carbocycles. The zero-order valence-corrected chi connectivity index (χ0v) is 16.6. The van der Waals surface area contributed by atoms with Crippen molar-refractivity contribution in [3.05, 3.63) is 30.1 Å². The molecule has 2 aromatic rings. The summed E-state index contributed by atoms with van der Waals surface area (Å²) in [5.74, 6) is 0.593. The summed E-state index contributed by atoms with van der Waals surface area (Å²) < 4.78 is 17.2. The first-order chi connectivity index (χ1) is 13.0. The van der Waals surface area contributed by atoms with Crippen molar-refractivity contribution in [3.63, 3.8) is 0 Å². The molecule has 27 heavy (non-hydrogen) atoms. The molecule has 0 fully saturated rings. The molecule has 0 aliphatic carbocycles. The normalized spacial score (nSPS) is 10.4. The fraction of sp³-hybridized carbons (Fsp3) is 0.389. The fourth-order valence-corrected chi connectivity index (χ4v) is 3.13. The van der Waals surface area contributed by atoms with Gasteiger partial charge in [0, 0.05) is 24.5 Å². The van der Waals surface area contributed by atoms with Crippen LogP contribution < -0.4 is 14.8 Å². The topological polar surface area (TPSA) is 91.7 Å². The molecule has 0 saturated heterocycles. The molecule has 1 amide bonds. The molecule has 0 aliphatic rings. The van der Waals surface area contributed by atoms with Crippen LogP contribution in [0.2, 0.25) is 0 Å². The predicted octanol–water partition coefficient (Wildman–Crippen LogP) is 2.83. The quantitative estimate of drug-likeness (QED) is 0.517. The van der Waals surface area contributed by atoms with Gasteiger partial charge in [-0.05, 0) is 26.0 Å². The number of hydrogen-bond donors (Lipinski definition) is 1. The number of ether oxygens (including phenoxy) is 3. The minimum absolute atomic E-state index is 0.146. The zero-order valence-electron chi connectivity index (χ0n) is 15.8. The molecule has 146 valence electrons. The first-order valence-corrected chi connectivity index (χ1v) is 9.39. The zero-order chi connectivity index (χ0) is 19.8. The Morgan fingerprint density at radius 1 is 1.19 bits per heavy atom. The van der Waals surface area contributed by atoms with Gasteiger partial charge in [-0.15, -0.1) is 0 Å². The molecule has 0 spiro atoms. The van der Waals surface area contributed by atoms with E-state index in [4.69, 9.17) is 14.2 Å². The maximum absolute atomic E-state index is 12.2. The van der Waals surface area contributed by atoms with Crippen LogP contribution in [0.4, 0.5) is 5.69 Å². The third-order valence-electron chi connectivity index (χ3n) is 3.56. The van der Waals surface area contributed by atoms with Crippen LogP contribution in [0.3, 0.4) is 0 Å². The van der Waals surface area contributed by atoms with E-state index in [0.717, 1.165) is 0 Å². The molecule has 0 aliphatic heterocycles. The molecule has 8 nitrogen and oxygen atoms in total. The van der Waals surface area contributed by atoms with Crippen molar-refractivity contribution in [2.24, 2.45) is 0 Å². The Morgan fingerprint density at radius 3 is 2.56 bits per heavy atom. The number of thioether (sulfide) groups is 1. The molecule has 1 heterocycles. The Labute approximate surface area is 162 Å². The number of aromatic nitrogens is 2. The van der Waals surface area contributed by atoms with Crippen LogP contribution in [0.5, 0.6) is 11.5 Å². The standard InChI is InChI=1S/C18H23N3O5S/c1-5-21-10-13(17(23)26-6-2)20-18(21)27-11-16(22)19-12-7-8-14(24-3)15(9-12)25-4/h7-10H,5-6,11H2,1-4H3,(H,19,22). The molecule has 9 heteroatoms. The summed E-state index contributed by atoms with van der Waals surface area (Å²) in [7, 11) is 3.08. The lowest BCUT2D eigenvalue weighted by Crippen LogP contribution is -2.14. The Balaban J connectivity index is 2.00. The Morgan fingerprint density at radius 2 is 1.93 bits per heavy atom. The van der Waals surface area contributed by atoms with Crippen molar-refractivity contribution < 1.29 is 23.8 Å². The van der Waals surface area contributed by atoms with Gasteiger partial charge >= 0.3 is 5.97 Å². The number of carbonyl (C=O) groups excluding carboxylic acids is 2. The summed E-state index contributed by atoms with van der Waals surface area (Å²) >= 11 is 1.25. The average molecular weight is 393 g/mol. The lowest BCUT2D eigenvalue weighted by Gasteiger charge is -2.10. The van der Waals surface area contributed by atoms with Gasteiger partial charge in [-0.25, -0.2) is 9.78 Å². The van der Waals surface area contributed by atoms with E-state index in [1.54, 1.807) is 43.0 Å². The smallest absolute Gasteiger partial charge is 0.358 e. The van der Waals surface area contributed by atoms with Gasteiger partial charge in [-0.1, -0.05) is 11.8 Å². The third kappa shape index (κ3) is 5.40. The molecular weight excluding hydrogens is 370 g/mol. The number of nitrogens with one attached hydrogen (secondary N) is 1. The minimum Gasteiger partial charge on any atom is -0.493 e. The summed E-state index contributed by atoms with van der Waals surface area (Å²) in [4.78, 5) is 28.3. The van der Waals surface area contributed by atoms with Crippen molar-refractivity contribution in [3.8, 4) is 11.5 Å². The summed E-state index contributed by atoms with van der Waals surface area (Å²) in [6, 6.07) is 5.14. The highest BCUT2D eigenvalue weighted by Crippen LogP contribution is 2.30. The minimum atomic E-state index is -0.471. The van der Waals surface area contributed by atoms with E-state index >= 15 is 0 Å². The number of methoxy groups -OCH3 is 2. The first-order valence-electron chi connectivity index (χ1n) is 8.41. The van der Waals surface area contributed by atoms with E-state index in [-0.39, 0.29) is 24.0 Å². The van der Waals surface area contributed by atoms with Crippen LogP contribution in [0.25, 0.3) is 0 Å². The van der Waals surface area contributed by atoms with Crippen molar-refractivity contribution in [2.45, 2.75) is 25.5 Å². The van der Waals surface area contributed by atoms with Gasteiger partial charge in [0.1, 0.15) is 0 Å². The fourth-order valence-electron chi connectivity index (χ4n) is 2.29. The van der Waals surface area contributed by atoms with E-state index in [1.807, 2.05) is 6.92 Å². The molecule has 2 rings (SSSR count). The SMILES string of the molecule is CCOC(=O)c1cn(CC)c(SCC(=O)Nc2ccc(OC)c(OC)c2)n1. The van der Waals surface area contributed by atoms with Gasteiger partial charge in [0.15, 0.2) is 22.3 Å². The van der Waals surface area contributed by atoms with Crippen molar-refractivity contribution >= 4 is 29.3 Å². The second kappa shape index (κ2) is 9.86. The van der Waals surface area contributed by atoms with Crippen LogP contribution in [0.15, 0.2) is 29.6 Å². The van der Waals surface area contributed by atoms with Crippen LogP contribution >= 0.6 is 11.8 Å². The van der Waals surface area contributed by atoms with Gasteiger partial charge in [0.25, 0.3) is 0 Å². The van der Waals surface area contributed by atoms with E-state index in [2.05, 4.69) is 10.3 Å². The van der Waals surface area contributed by atoms with Crippen LogP contribution in [0.1, 0.15) is 24.3 Å². The second-order valence-electron chi connectivity index (χ2n) is 5.32. The van der Waals surface area contributed by atoms with Crippen molar-refractivity contribution in [2.75, 3.05) is 31.9 Å². The van der Waals surface area contributed by atoms with Crippen molar-refractivity contribution in [1.29, 1.82) is 0 Å². The number of nitrogens with zero attached hydrogens (tertiary/aromatic N) is 2. The van der Waals surface area contributed by atoms with Gasteiger partial charge in [-0.3, -0.25) is 4.79 Å². The number of esters is 1. The second-order valence-corrected chi connectivity index (χ2v) is 6.26. The number of carbonyl (C=O) groups is 2. The third-order valence-corrected chi connectivity index (χ3v) is 4.56. The van der Waals surface area contributed by atoms with E-state index in [0.29, 0.717) is 28.9 Å².